The highest BCUT2D eigenvalue weighted by Crippen LogP contribution is 2.66. The Kier molecular flexibility index (Phi) is 4.98. The van der Waals surface area contributed by atoms with Crippen LogP contribution in [-0.2, 0) is 9.53 Å². The molecule has 4 unspecified atom stereocenters. The molecule has 0 spiro atoms. The summed E-state index contributed by atoms with van der Waals surface area (Å²) in [5.41, 5.74) is 2.52. The summed E-state index contributed by atoms with van der Waals surface area (Å²) in [4.78, 5) is 11.4. The van der Waals surface area contributed by atoms with E-state index in [1.807, 2.05) is 0 Å². The van der Waals surface area contributed by atoms with Crippen LogP contribution in [0, 0.1) is 40.4 Å². The van der Waals surface area contributed by atoms with Crippen LogP contribution in [0.1, 0.15) is 79.1 Å². The Hall–Kier alpha value is -0.830. The highest BCUT2D eigenvalue weighted by Gasteiger charge is 2.58. The van der Waals surface area contributed by atoms with Gasteiger partial charge in [-0.05, 0) is 91.8 Å². The fourth-order valence-electron chi connectivity index (χ4n) is 7.92. The first-order valence-corrected chi connectivity index (χ1v) is 11.3. The van der Waals surface area contributed by atoms with Crippen LogP contribution in [0.5, 0.6) is 0 Å². The molecule has 4 aliphatic carbocycles. The molecular weight excluding hydrogens is 336 g/mol. The molecule has 27 heavy (non-hydrogen) atoms. The van der Waals surface area contributed by atoms with Gasteiger partial charge in [0, 0.05) is 13.5 Å². The summed E-state index contributed by atoms with van der Waals surface area (Å²) < 4.78 is 5.58. The molecule has 152 valence electrons. The first-order chi connectivity index (χ1) is 12.8. The predicted octanol–water partition coefficient (Wildman–Crippen LogP) is 5.13. The zero-order valence-corrected chi connectivity index (χ0v) is 17.7. The van der Waals surface area contributed by atoms with Crippen molar-refractivity contribution in [1.82, 2.24) is 0 Å². The molecule has 0 aromatic carbocycles. The van der Waals surface area contributed by atoms with Gasteiger partial charge in [-0.3, -0.25) is 4.79 Å². The summed E-state index contributed by atoms with van der Waals surface area (Å²) in [6.45, 7) is 9.16. The topological polar surface area (TPSA) is 46.5 Å². The third-order valence-electron chi connectivity index (χ3n) is 9.41. The fourth-order valence-corrected chi connectivity index (χ4v) is 7.92. The second-order valence-corrected chi connectivity index (χ2v) is 10.6. The highest BCUT2D eigenvalue weighted by atomic mass is 16.5. The molecule has 0 amide bonds. The third kappa shape index (κ3) is 2.99. The summed E-state index contributed by atoms with van der Waals surface area (Å²) in [5, 5.41) is 9.76. The normalized spacial score (nSPS) is 47.3. The van der Waals surface area contributed by atoms with Crippen LogP contribution in [0.15, 0.2) is 11.6 Å². The van der Waals surface area contributed by atoms with Crippen LogP contribution < -0.4 is 0 Å². The molecule has 4 aliphatic rings. The van der Waals surface area contributed by atoms with E-state index >= 15 is 0 Å². The van der Waals surface area contributed by atoms with Crippen LogP contribution >= 0.6 is 0 Å². The maximum Gasteiger partial charge on any atom is 0.302 e. The van der Waals surface area contributed by atoms with Crippen molar-refractivity contribution in [3.63, 3.8) is 0 Å². The van der Waals surface area contributed by atoms with Crippen LogP contribution in [0.2, 0.25) is 0 Å². The molecule has 8 atom stereocenters. The molecule has 0 aromatic heterocycles. The quantitative estimate of drug-likeness (QED) is 0.550. The van der Waals surface area contributed by atoms with Crippen molar-refractivity contribution in [3.05, 3.63) is 11.6 Å². The van der Waals surface area contributed by atoms with E-state index < -0.39 is 0 Å². The number of esters is 1. The van der Waals surface area contributed by atoms with E-state index in [0.717, 1.165) is 31.1 Å². The number of allylic oxidation sites excluding steroid dienone is 2. The molecule has 1 N–H and O–H groups in total. The SMILES string of the molecule is CC(=O)O[C@H]1CC[C@@]2(C)C(CC=C3C2CC[C@@]2(C)C3CCC2[C@H](C)CO)C1. The van der Waals surface area contributed by atoms with Crippen molar-refractivity contribution in [2.45, 2.75) is 85.2 Å². The van der Waals surface area contributed by atoms with E-state index in [2.05, 4.69) is 26.8 Å². The van der Waals surface area contributed by atoms with Gasteiger partial charge in [-0.1, -0.05) is 32.4 Å². The van der Waals surface area contributed by atoms with Crippen molar-refractivity contribution in [2.24, 2.45) is 40.4 Å². The molecule has 0 bridgehead atoms. The Morgan fingerprint density at radius 2 is 1.89 bits per heavy atom. The number of carbonyl (C=O) groups excluding carboxylic acids is 1. The zero-order chi connectivity index (χ0) is 19.4. The second kappa shape index (κ2) is 6.90. The van der Waals surface area contributed by atoms with Crippen molar-refractivity contribution >= 4 is 5.97 Å². The van der Waals surface area contributed by atoms with Crippen LogP contribution in [-0.4, -0.2) is 23.8 Å². The van der Waals surface area contributed by atoms with E-state index in [4.69, 9.17) is 4.74 Å². The summed E-state index contributed by atoms with van der Waals surface area (Å²) in [5.74, 6) is 3.05. The van der Waals surface area contributed by atoms with Gasteiger partial charge < -0.3 is 9.84 Å². The molecule has 4 rings (SSSR count). The average Bonchev–Trinajstić information content (AvgIpc) is 2.98. The van der Waals surface area contributed by atoms with Gasteiger partial charge in [0.2, 0.25) is 0 Å². The molecule has 0 saturated heterocycles. The lowest BCUT2D eigenvalue weighted by Gasteiger charge is -2.58. The van der Waals surface area contributed by atoms with Gasteiger partial charge in [0.15, 0.2) is 0 Å². The maximum atomic E-state index is 11.4. The second-order valence-electron chi connectivity index (χ2n) is 10.6. The third-order valence-corrected chi connectivity index (χ3v) is 9.41. The number of hydrogen-bond donors (Lipinski definition) is 1. The molecule has 0 heterocycles. The van der Waals surface area contributed by atoms with Crippen molar-refractivity contribution < 1.29 is 14.6 Å². The smallest absolute Gasteiger partial charge is 0.302 e. The van der Waals surface area contributed by atoms with Crippen LogP contribution in [0.3, 0.4) is 0 Å². The van der Waals surface area contributed by atoms with Gasteiger partial charge in [0.1, 0.15) is 6.10 Å². The van der Waals surface area contributed by atoms with Crippen molar-refractivity contribution in [2.75, 3.05) is 6.61 Å². The number of fused-ring (bicyclic) bond motifs is 5. The number of carbonyl (C=O) groups is 1. The van der Waals surface area contributed by atoms with Crippen molar-refractivity contribution in [1.29, 1.82) is 0 Å². The molecule has 0 aliphatic heterocycles. The van der Waals surface area contributed by atoms with E-state index in [1.54, 1.807) is 12.5 Å². The summed E-state index contributed by atoms with van der Waals surface area (Å²) in [7, 11) is 0. The number of hydrogen-bond acceptors (Lipinski definition) is 3. The minimum Gasteiger partial charge on any atom is -0.463 e. The van der Waals surface area contributed by atoms with E-state index in [0.29, 0.717) is 35.2 Å². The number of ether oxygens (including phenoxy) is 1. The summed E-state index contributed by atoms with van der Waals surface area (Å²) >= 11 is 0. The van der Waals surface area contributed by atoms with Crippen LogP contribution in [0.4, 0.5) is 0 Å². The molecule has 3 saturated carbocycles. The Labute approximate surface area is 164 Å². The molecule has 0 radical (unpaired) electrons. The number of aliphatic hydroxyl groups is 1. The predicted molar refractivity (Wildman–Crippen MR) is 107 cm³/mol. The fraction of sp³-hybridized carbons (Fsp3) is 0.875. The number of aliphatic hydroxyl groups excluding tert-OH is 1. The highest BCUT2D eigenvalue weighted by molar-refractivity contribution is 5.66. The van der Waals surface area contributed by atoms with Gasteiger partial charge in [-0.15, -0.1) is 0 Å². The van der Waals surface area contributed by atoms with Gasteiger partial charge in [-0.25, -0.2) is 0 Å². The van der Waals surface area contributed by atoms with Gasteiger partial charge >= 0.3 is 5.97 Å². The molecular formula is C24H38O3. The summed E-state index contributed by atoms with van der Waals surface area (Å²) in [6.07, 6.45) is 12.4. The monoisotopic (exact) mass is 374 g/mol. The zero-order valence-electron chi connectivity index (χ0n) is 17.7. The largest absolute Gasteiger partial charge is 0.463 e. The number of rotatable bonds is 3. The molecule has 3 heteroatoms. The van der Waals surface area contributed by atoms with Crippen LogP contribution in [0.25, 0.3) is 0 Å². The molecule has 3 fully saturated rings. The standard InChI is InChI=1S/C24H38O3/c1-15(14-25)20-7-8-21-19-6-5-17-13-18(27-16(2)26)9-11-23(17,3)22(19)10-12-24(20,21)4/h6,15,17-18,20-22,25H,5,7-14H2,1-4H3/t15-,17?,18+,20?,21?,22?,23+,24-/m1/s1. The lowest BCUT2D eigenvalue weighted by atomic mass is 9.47. The van der Waals surface area contributed by atoms with Gasteiger partial charge in [0.05, 0.1) is 0 Å². The first-order valence-electron chi connectivity index (χ1n) is 11.3. The molecule has 0 aromatic rings. The van der Waals surface area contributed by atoms with E-state index in [9.17, 15) is 9.90 Å². The Morgan fingerprint density at radius 3 is 2.59 bits per heavy atom. The van der Waals surface area contributed by atoms with E-state index in [1.165, 1.54) is 32.1 Å². The first kappa shape index (κ1) is 19.5. The lowest BCUT2D eigenvalue weighted by Crippen LogP contribution is -2.50. The van der Waals surface area contributed by atoms with Gasteiger partial charge in [-0.2, -0.15) is 0 Å². The lowest BCUT2D eigenvalue weighted by molar-refractivity contribution is -0.152. The van der Waals surface area contributed by atoms with Gasteiger partial charge in [0.25, 0.3) is 0 Å². The van der Waals surface area contributed by atoms with Crippen molar-refractivity contribution in [3.8, 4) is 0 Å². The minimum absolute atomic E-state index is 0.126. The average molecular weight is 375 g/mol. The Bertz CT molecular complexity index is 625. The van der Waals surface area contributed by atoms with E-state index in [-0.39, 0.29) is 12.1 Å². The Morgan fingerprint density at radius 1 is 1.19 bits per heavy atom. The maximum absolute atomic E-state index is 11.4. The summed E-state index contributed by atoms with van der Waals surface area (Å²) in [6, 6.07) is 0. The molecule has 3 nitrogen and oxygen atoms in total. The minimum atomic E-state index is -0.126. The Balaban J connectivity index is 1.57.